The highest BCUT2D eigenvalue weighted by Gasteiger charge is 2.33. The summed E-state index contributed by atoms with van der Waals surface area (Å²) in [5, 5.41) is -0.570. The van der Waals surface area contributed by atoms with Gasteiger partial charge in [-0.3, -0.25) is 9.36 Å². The maximum absolute atomic E-state index is 12.1. The van der Waals surface area contributed by atoms with Gasteiger partial charge in [-0.15, -0.1) is 0 Å². The van der Waals surface area contributed by atoms with E-state index in [9.17, 15) is 18.0 Å². The van der Waals surface area contributed by atoms with Crippen molar-refractivity contribution in [2.45, 2.75) is 6.18 Å². The van der Waals surface area contributed by atoms with Crippen LogP contribution < -0.4 is 5.56 Å². The summed E-state index contributed by atoms with van der Waals surface area (Å²) in [5.74, 6) is 0. The Bertz CT molecular complexity index is 424. The highest BCUT2D eigenvalue weighted by Crippen LogP contribution is 2.27. The highest BCUT2D eigenvalue weighted by molar-refractivity contribution is 6.28. The summed E-state index contributed by atoms with van der Waals surface area (Å²) in [7, 11) is 0. The first-order valence-corrected chi connectivity index (χ1v) is 3.73. The Labute approximate surface area is 81.4 Å². The zero-order valence-corrected chi connectivity index (χ0v) is 7.43. The zero-order valence-electron chi connectivity index (χ0n) is 6.68. The first kappa shape index (κ1) is 10.8. The molecular formula is C7H4ClF3N2O. The summed E-state index contributed by atoms with van der Waals surface area (Å²) >= 11 is 5.32. The summed E-state index contributed by atoms with van der Waals surface area (Å²) in [4.78, 5) is 14.0. The van der Waals surface area contributed by atoms with E-state index in [4.69, 9.17) is 11.6 Å². The molecule has 0 aromatic carbocycles. The molecule has 7 heteroatoms. The number of rotatable bonds is 1. The molecule has 76 valence electrons. The van der Waals surface area contributed by atoms with Crippen LogP contribution in [0.15, 0.2) is 17.4 Å². The van der Waals surface area contributed by atoms with E-state index in [1.165, 1.54) is 0 Å². The first-order chi connectivity index (χ1) is 6.36. The zero-order chi connectivity index (χ0) is 10.9. The van der Waals surface area contributed by atoms with E-state index in [0.29, 0.717) is 10.6 Å². The molecule has 0 amide bonds. The molecule has 1 aromatic rings. The lowest BCUT2D eigenvalue weighted by atomic mass is 10.4. The van der Waals surface area contributed by atoms with Gasteiger partial charge in [0.25, 0.3) is 5.56 Å². The minimum Gasteiger partial charge on any atom is -0.269 e. The summed E-state index contributed by atoms with van der Waals surface area (Å²) in [5.41, 5.74) is -2.24. The molecule has 0 aliphatic rings. The largest absolute Gasteiger partial charge is 0.433 e. The van der Waals surface area contributed by atoms with Gasteiger partial charge in [-0.1, -0.05) is 6.58 Å². The van der Waals surface area contributed by atoms with Gasteiger partial charge < -0.3 is 0 Å². The van der Waals surface area contributed by atoms with Gasteiger partial charge in [0, 0.05) is 12.3 Å². The van der Waals surface area contributed by atoms with Crippen LogP contribution in [0, 0.1) is 0 Å². The van der Waals surface area contributed by atoms with Crippen molar-refractivity contribution in [2.75, 3.05) is 0 Å². The van der Waals surface area contributed by atoms with Gasteiger partial charge >= 0.3 is 6.18 Å². The second kappa shape index (κ2) is 3.45. The van der Waals surface area contributed by atoms with Crippen molar-refractivity contribution in [2.24, 2.45) is 0 Å². The molecule has 1 heterocycles. The average Bonchev–Trinajstić information content (AvgIpc) is 2.01. The molecular weight excluding hydrogens is 221 g/mol. The Morgan fingerprint density at radius 1 is 1.57 bits per heavy atom. The fourth-order valence-electron chi connectivity index (χ4n) is 0.773. The van der Waals surface area contributed by atoms with Gasteiger partial charge in [0.05, 0.1) is 0 Å². The van der Waals surface area contributed by atoms with Crippen molar-refractivity contribution in [3.05, 3.63) is 34.0 Å². The molecule has 0 spiro atoms. The Kier molecular flexibility index (Phi) is 2.66. The lowest BCUT2D eigenvalue weighted by Gasteiger charge is -2.07. The quantitative estimate of drug-likeness (QED) is 0.684. The molecule has 1 rings (SSSR count). The summed E-state index contributed by atoms with van der Waals surface area (Å²) in [6, 6.07) is 0.355. The van der Waals surface area contributed by atoms with E-state index in [-0.39, 0.29) is 0 Å². The number of halogens is 4. The number of hydrogen-bond donors (Lipinski definition) is 0. The van der Waals surface area contributed by atoms with Crippen LogP contribution in [-0.4, -0.2) is 9.55 Å². The topological polar surface area (TPSA) is 34.9 Å². The van der Waals surface area contributed by atoms with Crippen molar-refractivity contribution >= 4 is 17.8 Å². The summed E-state index contributed by atoms with van der Waals surface area (Å²) in [6.45, 7) is 3.20. The molecule has 1 aromatic heterocycles. The molecule has 3 nitrogen and oxygen atoms in total. The second-order valence-corrected chi connectivity index (χ2v) is 2.64. The van der Waals surface area contributed by atoms with Crippen molar-refractivity contribution in [3.8, 4) is 0 Å². The van der Waals surface area contributed by atoms with E-state index in [1.807, 2.05) is 0 Å². The van der Waals surface area contributed by atoms with Crippen LogP contribution in [0.4, 0.5) is 13.2 Å². The molecule has 0 atom stereocenters. The van der Waals surface area contributed by atoms with Gasteiger partial charge in [-0.25, -0.2) is 4.98 Å². The number of alkyl halides is 3. The molecule has 0 saturated heterocycles. The minimum atomic E-state index is -4.68. The van der Waals surface area contributed by atoms with Crippen molar-refractivity contribution < 1.29 is 13.2 Å². The van der Waals surface area contributed by atoms with Crippen molar-refractivity contribution in [3.63, 3.8) is 0 Å². The van der Waals surface area contributed by atoms with E-state index in [0.717, 1.165) is 6.20 Å². The maximum Gasteiger partial charge on any atom is 0.433 e. The van der Waals surface area contributed by atoms with Crippen LogP contribution in [0.2, 0.25) is 5.28 Å². The Morgan fingerprint density at radius 3 is 2.50 bits per heavy atom. The third-order valence-corrected chi connectivity index (χ3v) is 1.65. The predicted octanol–water partition coefficient (Wildman–Crippen LogP) is 2.02. The van der Waals surface area contributed by atoms with Crippen LogP contribution >= 0.6 is 11.6 Å². The van der Waals surface area contributed by atoms with Crippen LogP contribution in [0.1, 0.15) is 5.69 Å². The third kappa shape index (κ3) is 1.95. The molecule has 0 bridgehead atoms. The molecule has 0 fully saturated rings. The van der Waals surface area contributed by atoms with Gasteiger partial charge in [-0.2, -0.15) is 13.2 Å². The average molecular weight is 225 g/mol. The monoisotopic (exact) mass is 224 g/mol. The molecule has 14 heavy (non-hydrogen) atoms. The third-order valence-electron chi connectivity index (χ3n) is 1.38. The van der Waals surface area contributed by atoms with Crippen molar-refractivity contribution in [1.29, 1.82) is 0 Å². The van der Waals surface area contributed by atoms with Crippen LogP contribution in [-0.2, 0) is 6.18 Å². The van der Waals surface area contributed by atoms with Crippen molar-refractivity contribution in [1.82, 2.24) is 9.55 Å². The smallest absolute Gasteiger partial charge is 0.269 e. The standard InChI is InChI=1S/C7H4ClF3N2O/c1-2-13-5(14)3-4(7(9,10)11)12-6(13)8/h2-3H,1H2. The van der Waals surface area contributed by atoms with E-state index in [2.05, 4.69) is 11.6 Å². The Morgan fingerprint density at radius 2 is 2.14 bits per heavy atom. The van der Waals surface area contributed by atoms with Gasteiger partial charge in [0.1, 0.15) is 0 Å². The molecule has 0 radical (unpaired) electrons. The van der Waals surface area contributed by atoms with Crippen LogP contribution in [0.3, 0.4) is 0 Å². The minimum absolute atomic E-state index is 0.355. The van der Waals surface area contributed by atoms with Crippen LogP contribution in [0.5, 0.6) is 0 Å². The lowest BCUT2D eigenvalue weighted by molar-refractivity contribution is -0.141. The van der Waals surface area contributed by atoms with E-state index >= 15 is 0 Å². The molecule has 0 aliphatic carbocycles. The second-order valence-electron chi connectivity index (χ2n) is 2.30. The maximum atomic E-state index is 12.1. The Hall–Kier alpha value is -1.30. The fourth-order valence-corrected chi connectivity index (χ4v) is 1.02. The fraction of sp³-hybridized carbons (Fsp3) is 0.143. The summed E-state index contributed by atoms with van der Waals surface area (Å²) < 4.78 is 37.0. The number of nitrogens with zero attached hydrogens (tertiary/aromatic N) is 2. The molecule has 0 unspecified atom stereocenters. The molecule has 0 aliphatic heterocycles. The first-order valence-electron chi connectivity index (χ1n) is 3.35. The number of aromatic nitrogens is 2. The Balaban J connectivity index is 3.43. The molecule has 0 saturated carbocycles. The summed E-state index contributed by atoms with van der Waals surface area (Å²) in [6.07, 6.45) is -3.69. The van der Waals surface area contributed by atoms with Gasteiger partial charge in [-0.05, 0) is 11.6 Å². The lowest BCUT2D eigenvalue weighted by Crippen LogP contribution is -2.21. The van der Waals surface area contributed by atoms with Crippen LogP contribution in [0.25, 0.3) is 6.20 Å². The normalized spacial score (nSPS) is 11.4. The predicted molar refractivity (Wildman–Crippen MR) is 44.9 cm³/mol. The van der Waals surface area contributed by atoms with E-state index < -0.39 is 22.7 Å². The highest BCUT2D eigenvalue weighted by atomic mass is 35.5. The SMILES string of the molecule is C=Cn1c(Cl)nc(C(F)(F)F)cc1=O. The van der Waals surface area contributed by atoms with E-state index in [1.54, 1.807) is 0 Å². The van der Waals surface area contributed by atoms with Gasteiger partial charge in [0.2, 0.25) is 5.28 Å². The van der Waals surface area contributed by atoms with Gasteiger partial charge in [0.15, 0.2) is 5.69 Å². The number of hydrogen-bond acceptors (Lipinski definition) is 2. The molecule has 0 N–H and O–H groups in total.